The number of carbonyl (C=O) groups excluding carboxylic acids is 2. The lowest BCUT2D eigenvalue weighted by atomic mass is 10.1. The highest BCUT2D eigenvalue weighted by molar-refractivity contribution is 8.00. The third-order valence-electron chi connectivity index (χ3n) is 3.12. The largest absolute Gasteiger partial charge is 0.459 e. The van der Waals surface area contributed by atoms with Crippen LogP contribution in [0.2, 0.25) is 0 Å². The molecule has 4 nitrogen and oxygen atoms in total. The molecule has 0 spiro atoms. The van der Waals surface area contributed by atoms with Gasteiger partial charge in [0.15, 0.2) is 0 Å². The molecule has 0 aliphatic heterocycles. The molecule has 1 rings (SSSR count). The molecule has 0 saturated carbocycles. The first-order valence-corrected chi connectivity index (χ1v) is 9.01. The van der Waals surface area contributed by atoms with Crippen molar-refractivity contribution in [3.8, 4) is 0 Å². The van der Waals surface area contributed by atoms with Gasteiger partial charge in [0.25, 0.3) is 0 Å². The van der Waals surface area contributed by atoms with E-state index in [1.54, 1.807) is 27.7 Å². The normalized spacial score (nSPS) is 12.8. The first kappa shape index (κ1) is 21.4. The molecule has 0 aromatic heterocycles. The second-order valence-corrected chi connectivity index (χ2v) is 8.16. The highest BCUT2D eigenvalue weighted by atomic mass is 32.2. The quantitative estimate of drug-likeness (QED) is 0.576. The number of rotatable bonds is 6. The van der Waals surface area contributed by atoms with Gasteiger partial charge in [-0.15, -0.1) is 11.8 Å². The number of esters is 1. The summed E-state index contributed by atoms with van der Waals surface area (Å²) in [4.78, 5) is 23.9. The first-order valence-electron chi connectivity index (χ1n) is 8.13. The number of ether oxygens (including phenoxy) is 1. The molecule has 0 heterocycles. The molecule has 25 heavy (non-hydrogen) atoms. The zero-order valence-corrected chi connectivity index (χ0v) is 16.2. The summed E-state index contributed by atoms with van der Waals surface area (Å²) in [7, 11) is 0. The number of hydrogen-bond donors (Lipinski definition) is 1. The maximum atomic E-state index is 14.1. The molecule has 140 valence electrons. The van der Waals surface area contributed by atoms with E-state index in [-0.39, 0.29) is 28.8 Å². The van der Waals surface area contributed by atoms with Crippen LogP contribution in [0.25, 0.3) is 0 Å². The van der Waals surface area contributed by atoms with Gasteiger partial charge in [0.1, 0.15) is 22.5 Å². The Morgan fingerprint density at radius 3 is 2.28 bits per heavy atom. The van der Waals surface area contributed by atoms with Crippen LogP contribution in [0.5, 0.6) is 0 Å². The van der Waals surface area contributed by atoms with Gasteiger partial charge >= 0.3 is 5.97 Å². The predicted molar refractivity (Wildman–Crippen MR) is 95.6 cm³/mol. The van der Waals surface area contributed by atoms with Crippen molar-refractivity contribution >= 4 is 29.3 Å². The smallest absolute Gasteiger partial charge is 0.320 e. The Hall–Kier alpha value is -1.63. The van der Waals surface area contributed by atoms with Crippen molar-refractivity contribution in [2.45, 2.75) is 63.7 Å². The average molecular weight is 373 g/mol. The zero-order chi connectivity index (χ0) is 19.4. The topological polar surface area (TPSA) is 55.4 Å². The van der Waals surface area contributed by atoms with E-state index in [0.29, 0.717) is 6.07 Å². The molecule has 1 N–H and O–H groups in total. The number of amides is 1. The third kappa shape index (κ3) is 6.65. The van der Waals surface area contributed by atoms with Crippen LogP contribution in [0, 0.1) is 17.6 Å². The van der Waals surface area contributed by atoms with Gasteiger partial charge in [-0.1, -0.05) is 20.8 Å². The van der Waals surface area contributed by atoms with Crippen molar-refractivity contribution in [2.75, 3.05) is 5.32 Å². The number of benzene rings is 1. The molecule has 1 aromatic rings. The molecule has 0 aliphatic carbocycles. The van der Waals surface area contributed by atoms with E-state index < -0.39 is 28.5 Å². The van der Waals surface area contributed by atoms with Crippen molar-refractivity contribution in [2.24, 2.45) is 5.92 Å². The maximum absolute atomic E-state index is 14.1. The van der Waals surface area contributed by atoms with E-state index in [2.05, 4.69) is 5.32 Å². The Kier molecular flexibility index (Phi) is 7.41. The summed E-state index contributed by atoms with van der Waals surface area (Å²) in [5, 5.41) is 1.73. The molecule has 0 saturated heterocycles. The molecule has 1 aromatic carbocycles. The molecule has 0 aliphatic rings. The van der Waals surface area contributed by atoms with E-state index in [1.807, 2.05) is 13.8 Å². The molecule has 0 bridgehead atoms. The third-order valence-corrected chi connectivity index (χ3v) is 4.67. The Balaban J connectivity index is 3.10. The minimum atomic E-state index is -0.859. The van der Waals surface area contributed by atoms with Crippen LogP contribution < -0.4 is 5.32 Å². The highest BCUT2D eigenvalue weighted by Crippen LogP contribution is 2.34. The Labute approximate surface area is 151 Å². The molecular formula is C18H25F2NO3S. The van der Waals surface area contributed by atoms with Gasteiger partial charge < -0.3 is 10.1 Å². The number of anilines is 1. The van der Waals surface area contributed by atoms with Gasteiger partial charge in [-0.25, -0.2) is 8.78 Å². The van der Waals surface area contributed by atoms with Crippen LogP contribution in [0.3, 0.4) is 0 Å². The summed E-state index contributed by atoms with van der Waals surface area (Å²) in [6.07, 6.45) is 0.172. The minimum absolute atomic E-state index is 0.0809. The highest BCUT2D eigenvalue weighted by Gasteiger charge is 2.30. The summed E-state index contributed by atoms with van der Waals surface area (Å²) in [6, 6.07) is 1.92. The number of thioether (sulfide) groups is 1. The zero-order valence-electron chi connectivity index (χ0n) is 15.4. The van der Waals surface area contributed by atoms with Crippen molar-refractivity contribution < 1.29 is 23.1 Å². The average Bonchev–Trinajstić information content (AvgIpc) is 2.46. The Bertz CT molecular complexity index is 642. The molecule has 0 radical (unpaired) electrons. The fraction of sp³-hybridized carbons (Fsp3) is 0.556. The van der Waals surface area contributed by atoms with Crippen LogP contribution in [-0.4, -0.2) is 22.7 Å². The van der Waals surface area contributed by atoms with Crippen LogP contribution in [0.4, 0.5) is 14.5 Å². The summed E-state index contributed by atoms with van der Waals surface area (Å²) >= 11 is 0.962. The molecule has 0 fully saturated rings. The Morgan fingerprint density at radius 1 is 1.20 bits per heavy atom. The minimum Gasteiger partial charge on any atom is -0.459 e. The summed E-state index contributed by atoms with van der Waals surface area (Å²) < 4.78 is 33.4. The standard InChI is InChI=1S/C18H25F2NO3S/c1-7-15(22)21-13-9-14(12(20)8-11(13)19)25-16(10(2)3)17(23)24-18(4,5)6/h8-10,16H,7H2,1-6H3,(H,21,22). The van der Waals surface area contributed by atoms with Gasteiger partial charge in [-0.2, -0.15) is 0 Å². The first-order chi connectivity index (χ1) is 11.4. The van der Waals surface area contributed by atoms with Gasteiger partial charge in [-0.3, -0.25) is 9.59 Å². The number of carbonyl (C=O) groups is 2. The van der Waals surface area contributed by atoms with Crippen molar-refractivity contribution in [3.63, 3.8) is 0 Å². The SMILES string of the molecule is CCC(=O)Nc1cc(SC(C(=O)OC(C)(C)C)C(C)C)c(F)cc1F. The van der Waals surface area contributed by atoms with Crippen molar-refractivity contribution in [1.29, 1.82) is 0 Å². The van der Waals surface area contributed by atoms with E-state index in [4.69, 9.17) is 4.74 Å². The second-order valence-electron chi connectivity index (χ2n) is 6.98. The van der Waals surface area contributed by atoms with E-state index in [1.165, 1.54) is 6.07 Å². The molecule has 7 heteroatoms. The lowest BCUT2D eigenvalue weighted by Crippen LogP contribution is -2.33. The van der Waals surface area contributed by atoms with E-state index in [9.17, 15) is 18.4 Å². The van der Waals surface area contributed by atoms with Crippen LogP contribution >= 0.6 is 11.8 Å². The van der Waals surface area contributed by atoms with Crippen molar-refractivity contribution in [1.82, 2.24) is 0 Å². The lowest BCUT2D eigenvalue weighted by molar-refractivity contribution is -0.154. The van der Waals surface area contributed by atoms with Crippen molar-refractivity contribution in [3.05, 3.63) is 23.8 Å². The summed E-state index contributed by atoms with van der Waals surface area (Å²) in [5.74, 6) is -2.62. The number of halogens is 2. The lowest BCUT2D eigenvalue weighted by Gasteiger charge is -2.25. The van der Waals surface area contributed by atoms with Crippen LogP contribution in [0.1, 0.15) is 48.0 Å². The summed E-state index contributed by atoms with van der Waals surface area (Å²) in [5.41, 5.74) is -0.769. The van der Waals surface area contributed by atoms with Crippen LogP contribution in [0.15, 0.2) is 17.0 Å². The molecule has 1 amide bonds. The maximum Gasteiger partial charge on any atom is 0.320 e. The van der Waals surface area contributed by atoms with Crippen LogP contribution in [-0.2, 0) is 14.3 Å². The monoisotopic (exact) mass is 373 g/mol. The van der Waals surface area contributed by atoms with E-state index >= 15 is 0 Å². The van der Waals surface area contributed by atoms with Gasteiger partial charge in [0, 0.05) is 17.4 Å². The number of nitrogens with one attached hydrogen (secondary N) is 1. The molecule has 1 unspecified atom stereocenters. The molecular weight excluding hydrogens is 348 g/mol. The number of hydrogen-bond acceptors (Lipinski definition) is 4. The molecule has 1 atom stereocenters. The van der Waals surface area contributed by atoms with Gasteiger partial charge in [0.05, 0.1) is 5.69 Å². The van der Waals surface area contributed by atoms with E-state index in [0.717, 1.165) is 11.8 Å². The fourth-order valence-electron chi connectivity index (χ4n) is 1.91. The van der Waals surface area contributed by atoms with Gasteiger partial charge in [0.2, 0.25) is 5.91 Å². The second kappa shape index (κ2) is 8.65. The fourth-order valence-corrected chi connectivity index (χ4v) is 2.95. The Morgan fingerprint density at radius 2 is 1.80 bits per heavy atom. The summed E-state index contributed by atoms with van der Waals surface area (Å²) in [6.45, 7) is 10.5. The van der Waals surface area contributed by atoms with Gasteiger partial charge in [-0.05, 0) is 32.8 Å². The predicted octanol–water partition coefficient (Wildman–Crippen LogP) is 4.77.